The zero-order valence-electron chi connectivity index (χ0n) is 9.31. The van der Waals surface area contributed by atoms with Crippen LogP contribution in [0.25, 0.3) is 0 Å². The summed E-state index contributed by atoms with van der Waals surface area (Å²) in [5.41, 5.74) is 1.58. The van der Waals surface area contributed by atoms with Crippen LogP contribution in [0.3, 0.4) is 0 Å². The standard InChI is InChI=1S/C12H12ClNO3/c1-7-2-3-9(13)10(6-7)14-5-4-8(11(14)15)12(16)17/h2-3,6,8H,4-5H2,1H3,(H,16,17). The number of carboxylic acid groups (broad SMARTS) is 1. The van der Waals surface area contributed by atoms with Crippen molar-refractivity contribution in [3.05, 3.63) is 28.8 Å². The lowest BCUT2D eigenvalue weighted by Crippen LogP contribution is -2.30. The highest BCUT2D eigenvalue weighted by atomic mass is 35.5. The van der Waals surface area contributed by atoms with Crippen LogP contribution in [0.15, 0.2) is 18.2 Å². The van der Waals surface area contributed by atoms with Gasteiger partial charge in [-0.05, 0) is 31.0 Å². The molecule has 1 aromatic rings. The van der Waals surface area contributed by atoms with Gasteiger partial charge >= 0.3 is 5.97 Å². The summed E-state index contributed by atoms with van der Waals surface area (Å²) < 4.78 is 0. The number of aryl methyl sites for hydroxylation is 1. The first-order chi connectivity index (χ1) is 8.00. The molecule has 0 aliphatic carbocycles. The molecule has 1 aliphatic heterocycles. The van der Waals surface area contributed by atoms with Gasteiger partial charge in [0.1, 0.15) is 5.92 Å². The zero-order valence-corrected chi connectivity index (χ0v) is 10.1. The van der Waals surface area contributed by atoms with E-state index in [2.05, 4.69) is 0 Å². The van der Waals surface area contributed by atoms with Crippen molar-refractivity contribution in [2.45, 2.75) is 13.3 Å². The molecular formula is C12H12ClNO3. The van der Waals surface area contributed by atoms with Crippen molar-refractivity contribution in [2.24, 2.45) is 5.92 Å². The fourth-order valence-electron chi connectivity index (χ4n) is 1.98. The fraction of sp³-hybridized carbons (Fsp3) is 0.333. The van der Waals surface area contributed by atoms with Gasteiger partial charge in [0.2, 0.25) is 5.91 Å². The molecular weight excluding hydrogens is 242 g/mol. The Labute approximate surface area is 104 Å². The second kappa shape index (κ2) is 4.37. The molecule has 0 spiro atoms. The molecule has 0 bridgehead atoms. The first-order valence-electron chi connectivity index (χ1n) is 5.31. The van der Waals surface area contributed by atoms with Crippen LogP contribution in [0.2, 0.25) is 5.02 Å². The largest absolute Gasteiger partial charge is 0.481 e. The minimum Gasteiger partial charge on any atom is -0.481 e. The molecule has 4 nitrogen and oxygen atoms in total. The summed E-state index contributed by atoms with van der Waals surface area (Å²) in [5, 5.41) is 9.36. The van der Waals surface area contributed by atoms with Crippen molar-refractivity contribution < 1.29 is 14.7 Å². The molecule has 1 unspecified atom stereocenters. The lowest BCUT2D eigenvalue weighted by atomic mass is 10.1. The van der Waals surface area contributed by atoms with Crippen LogP contribution in [0.1, 0.15) is 12.0 Å². The van der Waals surface area contributed by atoms with Gasteiger partial charge in [-0.1, -0.05) is 17.7 Å². The first kappa shape index (κ1) is 11.9. The van der Waals surface area contributed by atoms with Crippen LogP contribution in [0.5, 0.6) is 0 Å². The lowest BCUT2D eigenvalue weighted by Gasteiger charge is -2.18. The molecule has 0 saturated carbocycles. The van der Waals surface area contributed by atoms with E-state index in [1.54, 1.807) is 12.1 Å². The summed E-state index contributed by atoms with van der Waals surface area (Å²) in [5.74, 6) is -2.39. The second-order valence-electron chi connectivity index (χ2n) is 4.12. The molecule has 5 heteroatoms. The number of hydrogen-bond donors (Lipinski definition) is 1. The predicted octanol–water partition coefficient (Wildman–Crippen LogP) is 2.09. The van der Waals surface area contributed by atoms with Gasteiger partial charge in [-0.3, -0.25) is 9.59 Å². The van der Waals surface area contributed by atoms with Crippen LogP contribution in [0.4, 0.5) is 5.69 Å². The highest BCUT2D eigenvalue weighted by Gasteiger charge is 2.38. The van der Waals surface area contributed by atoms with E-state index in [0.717, 1.165) is 5.56 Å². The quantitative estimate of drug-likeness (QED) is 0.821. The summed E-state index contributed by atoms with van der Waals surface area (Å²) in [4.78, 5) is 24.2. The molecule has 1 fully saturated rings. The van der Waals surface area contributed by atoms with Crippen molar-refractivity contribution in [3.63, 3.8) is 0 Å². The van der Waals surface area contributed by atoms with Crippen molar-refractivity contribution in [1.82, 2.24) is 0 Å². The van der Waals surface area contributed by atoms with E-state index < -0.39 is 11.9 Å². The summed E-state index contributed by atoms with van der Waals surface area (Å²) in [7, 11) is 0. The minimum absolute atomic E-state index is 0.332. The monoisotopic (exact) mass is 253 g/mol. The Balaban J connectivity index is 2.33. The topological polar surface area (TPSA) is 57.6 Å². The van der Waals surface area contributed by atoms with Crippen LogP contribution >= 0.6 is 11.6 Å². The van der Waals surface area contributed by atoms with Crippen LogP contribution in [-0.2, 0) is 9.59 Å². The molecule has 0 aromatic heterocycles. The van der Waals surface area contributed by atoms with Crippen molar-refractivity contribution >= 4 is 29.2 Å². The summed E-state index contributed by atoms with van der Waals surface area (Å²) in [6.07, 6.45) is 0.332. The Bertz CT molecular complexity index is 487. The van der Waals surface area contributed by atoms with E-state index >= 15 is 0 Å². The Morgan fingerprint density at radius 3 is 2.82 bits per heavy atom. The Morgan fingerprint density at radius 1 is 1.53 bits per heavy atom. The third-order valence-corrected chi connectivity index (χ3v) is 3.22. The number of nitrogens with zero attached hydrogens (tertiary/aromatic N) is 1. The summed E-state index contributed by atoms with van der Waals surface area (Å²) in [6.45, 7) is 2.30. The van der Waals surface area contributed by atoms with Gasteiger partial charge in [-0.15, -0.1) is 0 Å². The molecule has 2 rings (SSSR count). The van der Waals surface area contributed by atoms with Crippen molar-refractivity contribution in [1.29, 1.82) is 0 Å². The van der Waals surface area contributed by atoms with Gasteiger partial charge in [0.05, 0.1) is 10.7 Å². The smallest absolute Gasteiger partial charge is 0.316 e. The number of halogens is 1. The van der Waals surface area contributed by atoms with Crippen molar-refractivity contribution in [2.75, 3.05) is 11.4 Å². The SMILES string of the molecule is Cc1ccc(Cl)c(N2CCC(C(=O)O)C2=O)c1. The zero-order chi connectivity index (χ0) is 12.6. The number of anilines is 1. The molecule has 1 aliphatic rings. The van der Waals surface area contributed by atoms with E-state index in [-0.39, 0.29) is 5.91 Å². The van der Waals surface area contributed by atoms with Gasteiger partial charge in [-0.2, -0.15) is 0 Å². The van der Waals surface area contributed by atoms with E-state index in [9.17, 15) is 9.59 Å². The number of amides is 1. The average molecular weight is 254 g/mol. The molecule has 90 valence electrons. The maximum atomic E-state index is 11.9. The third-order valence-electron chi connectivity index (χ3n) is 2.90. The summed E-state index contributed by atoms with van der Waals surface area (Å²) in [6, 6.07) is 5.36. The van der Waals surface area contributed by atoms with Gasteiger partial charge in [0, 0.05) is 6.54 Å². The summed E-state index contributed by atoms with van der Waals surface area (Å²) >= 11 is 6.03. The molecule has 1 heterocycles. The maximum Gasteiger partial charge on any atom is 0.316 e. The number of aliphatic carboxylic acids is 1. The number of hydrogen-bond acceptors (Lipinski definition) is 2. The molecule has 1 saturated heterocycles. The average Bonchev–Trinajstić information content (AvgIpc) is 2.64. The Morgan fingerprint density at radius 2 is 2.24 bits per heavy atom. The van der Waals surface area contributed by atoms with Crippen LogP contribution < -0.4 is 4.90 Å². The van der Waals surface area contributed by atoms with Crippen LogP contribution in [0, 0.1) is 12.8 Å². The third kappa shape index (κ3) is 2.13. The fourth-order valence-corrected chi connectivity index (χ4v) is 2.20. The van der Waals surface area contributed by atoms with E-state index in [4.69, 9.17) is 16.7 Å². The minimum atomic E-state index is -1.07. The second-order valence-corrected chi connectivity index (χ2v) is 4.53. The van der Waals surface area contributed by atoms with E-state index in [1.165, 1.54) is 4.90 Å². The highest BCUT2D eigenvalue weighted by molar-refractivity contribution is 6.34. The van der Waals surface area contributed by atoms with Crippen LogP contribution in [-0.4, -0.2) is 23.5 Å². The number of carbonyl (C=O) groups is 2. The molecule has 1 atom stereocenters. The number of benzene rings is 1. The lowest BCUT2D eigenvalue weighted by molar-refractivity contribution is -0.144. The van der Waals surface area contributed by atoms with Gasteiger partial charge in [0.15, 0.2) is 0 Å². The molecule has 0 radical (unpaired) electrons. The van der Waals surface area contributed by atoms with E-state index in [1.807, 2.05) is 13.0 Å². The number of carboxylic acids is 1. The Hall–Kier alpha value is -1.55. The van der Waals surface area contributed by atoms with Crippen molar-refractivity contribution in [3.8, 4) is 0 Å². The van der Waals surface area contributed by atoms with Gasteiger partial charge in [0.25, 0.3) is 0 Å². The van der Waals surface area contributed by atoms with Gasteiger partial charge in [-0.25, -0.2) is 0 Å². The first-order valence-corrected chi connectivity index (χ1v) is 5.69. The maximum absolute atomic E-state index is 11.9. The Kier molecular flexibility index (Phi) is 3.07. The predicted molar refractivity (Wildman–Crippen MR) is 64.3 cm³/mol. The highest BCUT2D eigenvalue weighted by Crippen LogP contribution is 2.32. The van der Waals surface area contributed by atoms with E-state index in [0.29, 0.717) is 23.7 Å². The molecule has 1 N–H and O–H groups in total. The van der Waals surface area contributed by atoms with Gasteiger partial charge < -0.3 is 10.0 Å². The number of carbonyl (C=O) groups excluding carboxylic acids is 1. The normalized spacial score (nSPS) is 19.8. The molecule has 1 aromatic carbocycles. The molecule has 1 amide bonds. The molecule has 17 heavy (non-hydrogen) atoms. The number of rotatable bonds is 2.